The molecule has 0 aliphatic carbocycles. The van der Waals surface area contributed by atoms with Crippen LogP contribution in [-0.4, -0.2) is 42.1 Å². The van der Waals surface area contributed by atoms with Gasteiger partial charge in [-0.25, -0.2) is 13.1 Å². The predicted molar refractivity (Wildman–Crippen MR) is 93.1 cm³/mol. The van der Waals surface area contributed by atoms with Crippen molar-refractivity contribution >= 4 is 21.6 Å². The molecule has 0 radical (unpaired) electrons. The number of rotatable bonds is 5. The Labute approximate surface area is 146 Å². The molecular weight excluding hydrogens is 344 g/mol. The topological polar surface area (TPSA) is 116 Å². The molecule has 1 aromatic heterocycles. The number of nitrogens with zero attached hydrogens (tertiary/aromatic N) is 2. The highest BCUT2D eigenvalue weighted by atomic mass is 32.2. The summed E-state index contributed by atoms with van der Waals surface area (Å²) in [5, 5.41) is 3.57. The van der Waals surface area contributed by atoms with E-state index in [9.17, 15) is 13.2 Å². The van der Waals surface area contributed by atoms with Gasteiger partial charge in [0, 0.05) is 12.8 Å². The van der Waals surface area contributed by atoms with E-state index in [4.69, 9.17) is 10.5 Å². The highest BCUT2D eigenvalue weighted by Gasteiger charge is 2.31. The molecular formula is C16H20N4O4S. The first-order valence-electron chi connectivity index (χ1n) is 7.95. The van der Waals surface area contributed by atoms with Gasteiger partial charge in [-0.3, -0.25) is 9.52 Å². The SMILES string of the molecule is C[C@@H]1C[C@@H](S(=O)(=O)Nc2ccccc2-n2ccc(C(N)=O)n2)CCO1. The fraction of sp³-hybridized carbons (Fsp3) is 0.375. The van der Waals surface area contributed by atoms with E-state index >= 15 is 0 Å². The number of carbonyl (C=O) groups excluding carboxylic acids is 1. The van der Waals surface area contributed by atoms with Crippen LogP contribution in [0, 0.1) is 0 Å². The number of hydrogen-bond donors (Lipinski definition) is 2. The Morgan fingerprint density at radius 1 is 1.36 bits per heavy atom. The molecule has 1 aliphatic rings. The molecule has 0 saturated carbocycles. The van der Waals surface area contributed by atoms with Crippen molar-refractivity contribution in [3.8, 4) is 5.69 Å². The highest BCUT2D eigenvalue weighted by Crippen LogP contribution is 2.26. The average molecular weight is 364 g/mol. The van der Waals surface area contributed by atoms with Gasteiger partial charge in [0.2, 0.25) is 10.0 Å². The Balaban J connectivity index is 1.89. The summed E-state index contributed by atoms with van der Waals surface area (Å²) in [6.45, 7) is 2.29. The molecule has 1 saturated heterocycles. The van der Waals surface area contributed by atoms with Crippen LogP contribution in [0.2, 0.25) is 0 Å². The Bertz CT molecular complexity index is 878. The van der Waals surface area contributed by atoms with E-state index in [1.54, 1.807) is 30.5 Å². The van der Waals surface area contributed by atoms with Gasteiger partial charge in [-0.2, -0.15) is 5.10 Å². The summed E-state index contributed by atoms with van der Waals surface area (Å²) in [6, 6.07) is 8.33. The molecule has 1 amide bonds. The number of ether oxygens (including phenoxy) is 1. The maximum Gasteiger partial charge on any atom is 0.269 e. The molecule has 0 bridgehead atoms. The second-order valence-electron chi connectivity index (χ2n) is 6.00. The van der Waals surface area contributed by atoms with Gasteiger partial charge in [0.25, 0.3) is 5.91 Å². The number of amides is 1. The van der Waals surface area contributed by atoms with Crippen LogP contribution in [-0.2, 0) is 14.8 Å². The van der Waals surface area contributed by atoms with Gasteiger partial charge in [0.15, 0.2) is 0 Å². The van der Waals surface area contributed by atoms with Gasteiger partial charge < -0.3 is 10.5 Å². The molecule has 2 aromatic rings. The van der Waals surface area contributed by atoms with E-state index in [2.05, 4.69) is 9.82 Å². The molecule has 1 aromatic carbocycles. The number of nitrogens with one attached hydrogen (secondary N) is 1. The summed E-state index contributed by atoms with van der Waals surface area (Å²) in [6.07, 6.45) is 2.37. The number of benzene rings is 1. The minimum Gasteiger partial charge on any atom is -0.378 e. The van der Waals surface area contributed by atoms with Crippen molar-refractivity contribution in [2.24, 2.45) is 5.73 Å². The summed E-state index contributed by atoms with van der Waals surface area (Å²) in [5.41, 5.74) is 6.23. The van der Waals surface area contributed by atoms with Crippen LogP contribution in [0.4, 0.5) is 5.69 Å². The number of sulfonamides is 1. The lowest BCUT2D eigenvalue weighted by atomic mass is 10.1. The van der Waals surface area contributed by atoms with Gasteiger partial charge in [-0.15, -0.1) is 0 Å². The number of anilines is 1. The number of primary amides is 1. The van der Waals surface area contributed by atoms with Gasteiger partial charge in [0.1, 0.15) is 5.69 Å². The Kier molecular flexibility index (Phi) is 4.78. The standard InChI is InChI=1S/C16H20N4O4S/c1-11-10-12(7-9-24-11)25(22,23)19-13-4-2-3-5-15(13)20-8-6-14(18-20)16(17)21/h2-6,8,11-12,19H,7,9-10H2,1H3,(H2,17,21)/t11-,12+/m1/s1. The van der Waals surface area contributed by atoms with Crippen LogP contribution >= 0.6 is 0 Å². The third-order valence-electron chi connectivity index (χ3n) is 4.12. The fourth-order valence-electron chi connectivity index (χ4n) is 2.82. The van der Waals surface area contributed by atoms with Crippen molar-refractivity contribution in [3.05, 3.63) is 42.2 Å². The van der Waals surface area contributed by atoms with Crippen molar-refractivity contribution in [2.75, 3.05) is 11.3 Å². The zero-order valence-corrected chi connectivity index (χ0v) is 14.6. The van der Waals surface area contributed by atoms with E-state index in [0.29, 0.717) is 30.8 Å². The lowest BCUT2D eigenvalue weighted by Gasteiger charge is -2.27. The minimum atomic E-state index is -3.57. The molecule has 9 heteroatoms. The van der Waals surface area contributed by atoms with E-state index in [-0.39, 0.29) is 11.8 Å². The molecule has 0 unspecified atom stereocenters. The minimum absolute atomic E-state index is 0.0881. The van der Waals surface area contributed by atoms with Crippen LogP contribution in [0.1, 0.15) is 30.3 Å². The largest absolute Gasteiger partial charge is 0.378 e. The van der Waals surface area contributed by atoms with Crippen LogP contribution in [0.15, 0.2) is 36.5 Å². The maximum absolute atomic E-state index is 12.7. The molecule has 8 nitrogen and oxygen atoms in total. The summed E-state index contributed by atoms with van der Waals surface area (Å²) < 4.78 is 35.0. The molecule has 3 N–H and O–H groups in total. The van der Waals surface area contributed by atoms with Crippen molar-refractivity contribution in [1.29, 1.82) is 0 Å². The van der Waals surface area contributed by atoms with Gasteiger partial charge in [-0.1, -0.05) is 12.1 Å². The normalized spacial score (nSPS) is 21.0. The molecule has 1 fully saturated rings. The van der Waals surface area contributed by atoms with Crippen molar-refractivity contribution in [1.82, 2.24) is 9.78 Å². The first-order valence-corrected chi connectivity index (χ1v) is 9.49. The average Bonchev–Trinajstić information content (AvgIpc) is 3.05. The number of hydrogen-bond acceptors (Lipinski definition) is 5. The maximum atomic E-state index is 12.7. The molecule has 1 aliphatic heterocycles. The zero-order valence-electron chi connectivity index (χ0n) is 13.8. The van der Waals surface area contributed by atoms with Gasteiger partial charge in [-0.05, 0) is 38.0 Å². The predicted octanol–water partition coefficient (Wildman–Crippen LogP) is 1.28. The monoisotopic (exact) mass is 364 g/mol. The first-order chi connectivity index (χ1) is 11.9. The molecule has 2 heterocycles. The number of carbonyl (C=O) groups is 1. The summed E-state index contributed by atoms with van der Waals surface area (Å²) >= 11 is 0. The Morgan fingerprint density at radius 3 is 2.80 bits per heavy atom. The Hall–Kier alpha value is -2.39. The smallest absolute Gasteiger partial charge is 0.269 e. The molecule has 2 atom stereocenters. The van der Waals surface area contributed by atoms with Gasteiger partial charge >= 0.3 is 0 Å². The van der Waals surface area contributed by atoms with Crippen LogP contribution in [0.5, 0.6) is 0 Å². The summed E-state index contributed by atoms with van der Waals surface area (Å²) in [4.78, 5) is 11.2. The second-order valence-corrected chi connectivity index (χ2v) is 7.96. The van der Waals surface area contributed by atoms with Crippen molar-refractivity contribution < 1.29 is 17.9 Å². The van der Waals surface area contributed by atoms with E-state index in [0.717, 1.165) is 0 Å². The lowest BCUT2D eigenvalue weighted by Crippen LogP contribution is -2.36. The van der Waals surface area contributed by atoms with Crippen molar-refractivity contribution in [2.45, 2.75) is 31.1 Å². The second kappa shape index (κ2) is 6.85. The van der Waals surface area contributed by atoms with E-state index in [1.807, 2.05) is 6.92 Å². The molecule has 3 rings (SSSR count). The number of nitrogens with two attached hydrogens (primary N) is 1. The molecule has 0 spiro atoms. The highest BCUT2D eigenvalue weighted by molar-refractivity contribution is 7.93. The quantitative estimate of drug-likeness (QED) is 0.829. The number of para-hydroxylation sites is 2. The zero-order chi connectivity index (χ0) is 18.0. The fourth-order valence-corrected chi connectivity index (χ4v) is 4.40. The van der Waals surface area contributed by atoms with Gasteiger partial charge in [0.05, 0.1) is 22.7 Å². The molecule has 134 valence electrons. The lowest BCUT2D eigenvalue weighted by molar-refractivity contribution is 0.0302. The van der Waals surface area contributed by atoms with Crippen LogP contribution in [0.3, 0.4) is 0 Å². The third kappa shape index (κ3) is 3.83. The first kappa shape index (κ1) is 17.4. The number of aromatic nitrogens is 2. The molecule has 25 heavy (non-hydrogen) atoms. The summed E-state index contributed by atoms with van der Waals surface area (Å²) in [7, 11) is -3.57. The van der Waals surface area contributed by atoms with Crippen molar-refractivity contribution in [3.63, 3.8) is 0 Å². The van der Waals surface area contributed by atoms with Crippen LogP contribution < -0.4 is 10.5 Å². The van der Waals surface area contributed by atoms with Crippen LogP contribution in [0.25, 0.3) is 5.69 Å². The Morgan fingerprint density at radius 2 is 2.12 bits per heavy atom. The van der Waals surface area contributed by atoms with E-state index < -0.39 is 21.2 Å². The van der Waals surface area contributed by atoms with E-state index in [1.165, 1.54) is 10.7 Å². The third-order valence-corrected chi connectivity index (χ3v) is 5.93. The summed E-state index contributed by atoms with van der Waals surface area (Å²) in [5.74, 6) is -0.645.